The summed E-state index contributed by atoms with van der Waals surface area (Å²) in [5, 5.41) is 11.4. The Morgan fingerprint density at radius 1 is 1.21 bits per heavy atom. The molecule has 0 aliphatic rings. The monoisotopic (exact) mass is 322 g/mol. The second-order valence-electron chi connectivity index (χ2n) is 3.38. The summed E-state index contributed by atoms with van der Waals surface area (Å²) in [5.74, 6) is -1.68. The third-order valence-electron chi connectivity index (χ3n) is 2.12. The van der Waals surface area contributed by atoms with Crippen LogP contribution >= 0.6 is 15.9 Å². The van der Waals surface area contributed by atoms with Gasteiger partial charge in [0.25, 0.3) is 5.91 Å². The third kappa shape index (κ3) is 3.10. The van der Waals surface area contributed by atoms with E-state index >= 15 is 0 Å². The van der Waals surface area contributed by atoms with Crippen LogP contribution in [0.4, 0.5) is 5.82 Å². The van der Waals surface area contributed by atoms with E-state index in [4.69, 9.17) is 5.11 Å². The molecule has 0 bridgehead atoms. The van der Waals surface area contributed by atoms with Gasteiger partial charge in [-0.05, 0) is 28.1 Å². The van der Waals surface area contributed by atoms with Crippen LogP contribution in [0.5, 0.6) is 0 Å². The zero-order valence-corrected chi connectivity index (χ0v) is 11.0. The van der Waals surface area contributed by atoms with Crippen molar-refractivity contribution in [3.63, 3.8) is 0 Å². The van der Waals surface area contributed by atoms with Crippen LogP contribution in [0.1, 0.15) is 20.8 Å². The fourth-order valence-corrected chi connectivity index (χ4v) is 1.52. The van der Waals surface area contributed by atoms with Crippen molar-refractivity contribution >= 4 is 33.6 Å². The minimum atomic E-state index is -1.22. The molecule has 2 N–H and O–H groups in total. The highest BCUT2D eigenvalue weighted by molar-refractivity contribution is 9.10. The molecular formula is C11H7BrN4O3. The maximum atomic E-state index is 11.9. The summed E-state index contributed by atoms with van der Waals surface area (Å²) >= 11 is 3.11. The molecule has 0 atom stereocenters. The Labute approximate surface area is 115 Å². The first-order valence-electron chi connectivity index (χ1n) is 5.05. The topological polar surface area (TPSA) is 105 Å². The zero-order chi connectivity index (χ0) is 13.8. The first-order valence-corrected chi connectivity index (χ1v) is 5.84. The lowest BCUT2D eigenvalue weighted by Gasteiger charge is -2.05. The first-order chi connectivity index (χ1) is 9.08. The van der Waals surface area contributed by atoms with Crippen LogP contribution < -0.4 is 5.32 Å². The molecule has 2 aromatic heterocycles. The molecular weight excluding hydrogens is 316 g/mol. The number of aromatic nitrogens is 3. The standard InChI is InChI=1S/C11H7BrN4O3/c12-7-4-15-8(5-14-7)16-10(17)9-6(11(18)19)2-1-3-13-9/h1-5H,(H,18,19)(H,15,16,17). The van der Waals surface area contributed by atoms with Gasteiger partial charge in [0, 0.05) is 6.20 Å². The number of pyridine rings is 1. The highest BCUT2D eigenvalue weighted by Crippen LogP contribution is 2.10. The van der Waals surface area contributed by atoms with Crippen LogP contribution in [0.3, 0.4) is 0 Å². The summed E-state index contributed by atoms with van der Waals surface area (Å²) in [4.78, 5) is 34.4. The van der Waals surface area contributed by atoms with E-state index in [2.05, 4.69) is 36.2 Å². The van der Waals surface area contributed by atoms with Gasteiger partial charge in [-0.3, -0.25) is 9.78 Å². The van der Waals surface area contributed by atoms with Crippen LogP contribution in [0, 0.1) is 0 Å². The number of amides is 1. The largest absolute Gasteiger partial charge is 0.478 e. The van der Waals surface area contributed by atoms with Crippen molar-refractivity contribution in [3.05, 3.63) is 46.6 Å². The Morgan fingerprint density at radius 2 is 2.00 bits per heavy atom. The van der Waals surface area contributed by atoms with E-state index in [-0.39, 0.29) is 17.1 Å². The number of anilines is 1. The molecule has 2 aromatic rings. The van der Waals surface area contributed by atoms with Gasteiger partial charge < -0.3 is 10.4 Å². The number of hydrogen-bond donors (Lipinski definition) is 2. The maximum Gasteiger partial charge on any atom is 0.338 e. The molecule has 0 radical (unpaired) electrons. The lowest BCUT2D eigenvalue weighted by molar-refractivity contribution is 0.0691. The van der Waals surface area contributed by atoms with Crippen molar-refractivity contribution in [1.29, 1.82) is 0 Å². The Kier molecular flexibility index (Phi) is 3.81. The maximum absolute atomic E-state index is 11.9. The van der Waals surface area contributed by atoms with Crippen LogP contribution in [-0.4, -0.2) is 31.9 Å². The summed E-state index contributed by atoms with van der Waals surface area (Å²) in [5.41, 5.74) is -0.357. The summed E-state index contributed by atoms with van der Waals surface area (Å²) in [7, 11) is 0. The predicted molar refractivity (Wildman–Crippen MR) is 68.9 cm³/mol. The minimum Gasteiger partial charge on any atom is -0.478 e. The van der Waals surface area contributed by atoms with Gasteiger partial charge in [0.15, 0.2) is 5.82 Å². The van der Waals surface area contributed by atoms with Gasteiger partial charge in [-0.15, -0.1) is 0 Å². The van der Waals surface area contributed by atoms with Gasteiger partial charge in [0.2, 0.25) is 0 Å². The molecule has 0 aromatic carbocycles. The van der Waals surface area contributed by atoms with E-state index in [1.54, 1.807) is 0 Å². The fraction of sp³-hybridized carbons (Fsp3) is 0. The molecule has 96 valence electrons. The van der Waals surface area contributed by atoms with Crippen molar-refractivity contribution in [2.24, 2.45) is 0 Å². The number of aromatic carboxylic acids is 1. The summed E-state index contributed by atoms with van der Waals surface area (Å²) < 4.78 is 0.523. The minimum absolute atomic E-state index is 0.176. The summed E-state index contributed by atoms with van der Waals surface area (Å²) in [6.45, 7) is 0. The van der Waals surface area contributed by atoms with Crippen molar-refractivity contribution in [2.75, 3.05) is 5.32 Å². The highest BCUT2D eigenvalue weighted by atomic mass is 79.9. The van der Waals surface area contributed by atoms with Gasteiger partial charge in [0.05, 0.1) is 18.0 Å². The molecule has 2 heterocycles. The Balaban J connectivity index is 2.25. The number of hydrogen-bond acceptors (Lipinski definition) is 5. The molecule has 2 rings (SSSR count). The molecule has 7 nitrogen and oxygen atoms in total. The number of nitrogens with zero attached hydrogens (tertiary/aromatic N) is 3. The lowest BCUT2D eigenvalue weighted by atomic mass is 10.2. The van der Waals surface area contributed by atoms with E-state index in [0.717, 1.165) is 0 Å². The number of carbonyl (C=O) groups is 2. The molecule has 0 unspecified atom stereocenters. The van der Waals surface area contributed by atoms with Crippen molar-refractivity contribution < 1.29 is 14.7 Å². The summed E-state index contributed by atoms with van der Waals surface area (Å²) in [6, 6.07) is 2.75. The average Bonchev–Trinajstić information content (AvgIpc) is 2.41. The van der Waals surface area contributed by atoms with E-state index in [1.165, 1.54) is 30.7 Å². The number of carboxylic acid groups (broad SMARTS) is 1. The smallest absolute Gasteiger partial charge is 0.338 e. The van der Waals surface area contributed by atoms with E-state index < -0.39 is 11.9 Å². The Bertz CT molecular complexity index is 630. The molecule has 0 saturated heterocycles. The SMILES string of the molecule is O=C(O)c1cccnc1C(=O)Nc1cnc(Br)cn1. The molecule has 0 spiro atoms. The van der Waals surface area contributed by atoms with Crippen molar-refractivity contribution in [3.8, 4) is 0 Å². The lowest BCUT2D eigenvalue weighted by Crippen LogP contribution is -2.18. The number of carboxylic acids is 1. The zero-order valence-electron chi connectivity index (χ0n) is 9.37. The molecule has 0 saturated carbocycles. The molecule has 1 amide bonds. The molecule has 0 fully saturated rings. The molecule has 0 aliphatic heterocycles. The fourth-order valence-electron chi connectivity index (χ4n) is 1.31. The van der Waals surface area contributed by atoms with Crippen molar-refractivity contribution in [1.82, 2.24) is 15.0 Å². The quantitative estimate of drug-likeness (QED) is 0.888. The highest BCUT2D eigenvalue weighted by Gasteiger charge is 2.17. The van der Waals surface area contributed by atoms with Gasteiger partial charge in [0.1, 0.15) is 10.3 Å². The van der Waals surface area contributed by atoms with Gasteiger partial charge in [-0.2, -0.15) is 0 Å². The molecule has 19 heavy (non-hydrogen) atoms. The number of halogens is 1. The molecule has 0 aliphatic carbocycles. The third-order valence-corrected chi connectivity index (χ3v) is 2.52. The summed E-state index contributed by atoms with van der Waals surface area (Å²) in [6.07, 6.45) is 4.09. The predicted octanol–water partition coefficient (Wildman–Crippen LogP) is 1.58. The van der Waals surface area contributed by atoms with E-state index in [9.17, 15) is 9.59 Å². The molecule has 8 heteroatoms. The number of nitrogens with one attached hydrogen (secondary N) is 1. The van der Waals surface area contributed by atoms with Gasteiger partial charge in [-0.25, -0.2) is 14.8 Å². The van der Waals surface area contributed by atoms with E-state index in [1.807, 2.05) is 0 Å². The van der Waals surface area contributed by atoms with Crippen LogP contribution in [0.2, 0.25) is 0 Å². The first kappa shape index (κ1) is 13.1. The van der Waals surface area contributed by atoms with Gasteiger partial charge in [-0.1, -0.05) is 0 Å². The Morgan fingerprint density at radius 3 is 2.63 bits per heavy atom. The van der Waals surface area contributed by atoms with Crippen LogP contribution in [0.15, 0.2) is 35.3 Å². The average molecular weight is 323 g/mol. The van der Waals surface area contributed by atoms with Gasteiger partial charge >= 0.3 is 5.97 Å². The van der Waals surface area contributed by atoms with Crippen LogP contribution in [-0.2, 0) is 0 Å². The van der Waals surface area contributed by atoms with Crippen LogP contribution in [0.25, 0.3) is 0 Å². The second kappa shape index (κ2) is 5.53. The number of rotatable bonds is 3. The van der Waals surface area contributed by atoms with E-state index in [0.29, 0.717) is 4.60 Å². The number of carbonyl (C=O) groups excluding carboxylic acids is 1. The Hall–Kier alpha value is -2.35. The van der Waals surface area contributed by atoms with Crippen molar-refractivity contribution in [2.45, 2.75) is 0 Å². The normalized spacial score (nSPS) is 9.95. The second-order valence-corrected chi connectivity index (χ2v) is 4.20.